The lowest BCUT2D eigenvalue weighted by Gasteiger charge is -2.01. The molecule has 0 amide bonds. The number of hydrogen-bond acceptors (Lipinski definition) is 3. The second kappa shape index (κ2) is 5.09. The van der Waals surface area contributed by atoms with Gasteiger partial charge in [-0.2, -0.15) is 5.10 Å². The molecule has 5 nitrogen and oxygen atoms in total. The molecule has 2 N–H and O–H groups in total. The Kier molecular flexibility index (Phi) is 3.28. The average Bonchev–Trinajstić information content (AvgIpc) is 2.91. The van der Waals surface area contributed by atoms with Gasteiger partial charge in [-0.15, -0.1) is 0 Å². The van der Waals surface area contributed by atoms with Gasteiger partial charge in [0.15, 0.2) is 0 Å². The van der Waals surface area contributed by atoms with Gasteiger partial charge in [0.2, 0.25) is 5.78 Å². The van der Waals surface area contributed by atoms with E-state index in [0.717, 1.165) is 35.8 Å². The highest BCUT2D eigenvalue weighted by Crippen LogP contribution is 2.15. The minimum absolute atomic E-state index is 0.610. The number of rotatable bonds is 4. The minimum Gasteiger partial charge on any atom is -0.330 e. The van der Waals surface area contributed by atoms with E-state index >= 15 is 0 Å². The number of nitrogens with two attached hydrogens (primary N) is 1. The summed E-state index contributed by atoms with van der Waals surface area (Å²) >= 11 is 0. The molecule has 3 rings (SSSR count). The Balaban J connectivity index is 2.03. The highest BCUT2D eigenvalue weighted by atomic mass is 15.4. The zero-order valence-electron chi connectivity index (χ0n) is 11.9. The topological polar surface area (TPSA) is 61.1 Å². The van der Waals surface area contributed by atoms with Crippen molar-refractivity contribution in [1.82, 2.24) is 19.2 Å². The molecule has 0 saturated heterocycles. The van der Waals surface area contributed by atoms with E-state index in [4.69, 9.17) is 10.8 Å². The summed E-state index contributed by atoms with van der Waals surface area (Å²) in [6.45, 7) is 2.62. The first-order valence-electron chi connectivity index (χ1n) is 6.84. The van der Waals surface area contributed by atoms with Gasteiger partial charge in [-0.25, -0.2) is 9.50 Å². The van der Waals surface area contributed by atoms with Gasteiger partial charge in [0, 0.05) is 19.9 Å². The highest BCUT2D eigenvalue weighted by molar-refractivity contribution is 5.37. The van der Waals surface area contributed by atoms with Crippen LogP contribution in [0.5, 0.6) is 0 Å². The Morgan fingerprint density at radius 3 is 2.65 bits per heavy atom. The molecule has 0 aliphatic heterocycles. The lowest BCUT2D eigenvalue weighted by atomic mass is 10.1. The number of imidazole rings is 1. The van der Waals surface area contributed by atoms with Crippen molar-refractivity contribution in [2.45, 2.75) is 19.8 Å². The van der Waals surface area contributed by atoms with Gasteiger partial charge < -0.3 is 5.73 Å². The second-order valence-corrected chi connectivity index (χ2v) is 5.03. The fourth-order valence-electron chi connectivity index (χ4n) is 2.51. The van der Waals surface area contributed by atoms with Crippen LogP contribution in [0.15, 0.2) is 30.3 Å². The van der Waals surface area contributed by atoms with Crippen LogP contribution in [-0.4, -0.2) is 25.7 Å². The summed E-state index contributed by atoms with van der Waals surface area (Å²) in [5, 5.41) is 4.71. The van der Waals surface area contributed by atoms with Gasteiger partial charge in [-0.05, 0) is 19.0 Å². The van der Waals surface area contributed by atoms with Gasteiger partial charge in [-0.3, -0.25) is 4.57 Å². The maximum absolute atomic E-state index is 5.67. The van der Waals surface area contributed by atoms with Gasteiger partial charge in [-0.1, -0.05) is 30.3 Å². The standard InChI is InChI=1S/C15H19N5/c1-11-13(8-9-16)20-15(17-11)19(2)14(18-20)10-12-6-4-3-5-7-12/h3-7H,8-10,16H2,1-2H3. The maximum Gasteiger partial charge on any atom is 0.232 e. The maximum atomic E-state index is 5.67. The van der Waals surface area contributed by atoms with Crippen molar-refractivity contribution in [2.24, 2.45) is 12.8 Å². The average molecular weight is 269 g/mol. The molecule has 3 aromatic rings. The molecular weight excluding hydrogens is 250 g/mol. The molecule has 5 heteroatoms. The first-order chi connectivity index (χ1) is 9.70. The molecule has 0 unspecified atom stereocenters. The highest BCUT2D eigenvalue weighted by Gasteiger charge is 2.15. The monoisotopic (exact) mass is 269 g/mol. The van der Waals surface area contributed by atoms with E-state index in [1.165, 1.54) is 5.56 Å². The van der Waals surface area contributed by atoms with Crippen molar-refractivity contribution in [3.63, 3.8) is 0 Å². The molecule has 0 fully saturated rings. The number of aromatic nitrogens is 4. The summed E-state index contributed by atoms with van der Waals surface area (Å²) in [5.74, 6) is 1.90. The van der Waals surface area contributed by atoms with E-state index in [1.54, 1.807) is 0 Å². The predicted molar refractivity (Wildman–Crippen MR) is 78.7 cm³/mol. The third-order valence-electron chi connectivity index (χ3n) is 3.62. The third-order valence-corrected chi connectivity index (χ3v) is 3.62. The smallest absolute Gasteiger partial charge is 0.232 e. The van der Waals surface area contributed by atoms with Crippen LogP contribution in [0.2, 0.25) is 0 Å². The molecule has 0 aliphatic carbocycles. The summed E-state index contributed by atoms with van der Waals surface area (Å²) in [4.78, 5) is 4.60. The summed E-state index contributed by atoms with van der Waals surface area (Å²) in [5.41, 5.74) is 9.05. The van der Waals surface area contributed by atoms with Crippen LogP contribution < -0.4 is 5.73 Å². The Bertz CT molecular complexity index is 724. The molecule has 0 spiro atoms. The zero-order chi connectivity index (χ0) is 14.1. The van der Waals surface area contributed by atoms with Gasteiger partial charge >= 0.3 is 0 Å². The molecule has 0 bridgehead atoms. The van der Waals surface area contributed by atoms with Crippen LogP contribution in [0, 0.1) is 6.92 Å². The van der Waals surface area contributed by atoms with Crippen LogP contribution in [0.4, 0.5) is 0 Å². The van der Waals surface area contributed by atoms with E-state index in [1.807, 2.05) is 36.7 Å². The van der Waals surface area contributed by atoms with Crippen LogP contribution in [0.3, 0.4) is 0 Å². The predicted octanol–water partition coefficient (Wildman–Crippen LogP) is 1.47. The molecule has 0 saturated carbocycles. The van der Waals surface area contributed by atoms with Crippen LogP contribution in [0.1, 0.15) is 22.8 Å². The first kappa shape index (κ1) is 12.9. The second-order valence-electron chi connectivity index (χ2n) is 5.03. The first-order valence-corrected chi connectivity index (χ1v) is 6.84. The lowest BCUT2D eigenvalue weighted by Crippen LogP contribution is -2.07. The number of nitrogens with zero attached hydrogens (tertiary/aromatic N) is 4. The van der Waals surface area contributed by atoms with Crippen molar-refractivity contribution >= 4 is 5.78 Å². The number of benzene rings is 1. The summed E-state index contributed by atoms with van der Waals surface area (Å²) in [6, 6.07) is 10.4. The van der Waals surface area contributed by atoms with Crippen LogP contribution in [-0.2, 0) is 19.9 Å². The van der Waals surface area contributed by atoms with Crippen LogP contribution in [0.25, 0.3) is 5.78 Å². The van der Waals surface area contributed by atoms with Crippen LogP contribution >= 0.6 is 0 Å². The van der Waals surface area contributed by atoms with E-state index in [0.29, 0.717) is 6.54 Å². The molecule has 2 heterocycles. The van der Waals surface area contributed by atoms with E-state index in [2.05, 4.69) is 21.7 Å². The third kappa shape index (κ3) is 2.10. The molecule has 0 atom stereocenters. The van der Waals surface area contributed by atoms with E-state index in [9.17, 15) is 0 Å². The Morgan fingerprint density at radius 1 is 1.20 bits per heavy atom. The largest absolute Gasteiger partial charge is 0.330 e. The van der Waals surface area contributed by atoms with E-state index < -0.39 is 0 Å². The quantitative estimate of drug-likeness (QED) is 0.780. The zero-order valence-corrected chi connectivity index (χ0v) is 11.9. The fraction of sp³-hybridized carbons (Fsp3) is 0.333. The normalized spacial score (nSPS) is 11.3. The minimum atomic E-state index is 0.610. The summed E-state index contributed by atoms with van der Waals surface area (Å²) < 4.78 is 3.99. The van der Waals surface area contributed by atoms with Crippen molar-refractivity contribution in [3.05, 3.63) is 53.1 Å². The molecule has 0 aliphatic rings. The Hall–Kier alpha value is -2.14. The van der Waals surface area contributed by atoms with Gasteiger partial charge in [0.05, 0.1) is 11.4 Å². The Morgan fingerprint density at radius 2 is 1.95 bits per heavy atom. The molecule has 1 aromatic carbocycles. The summed E-state index contributed by atoms with van der Waals surface area (Å²) in [7, 11) is 2.01. The molecular formula is C15H19N5. The van der Waals surface area contributed by atoms with Crippen molar-refractivity contribution in [2.75, 3.05) is 6.54 Å². The molecule has 0 radical (unpaired) electrons. The SMILES string of the molecule is Cc1nc2n(C)c(Cc3ccccc3)nn2c1CCN. The Labute approximate surface area is 118 Å². The van der Waals surface area contributed by atoms with Gasteiger partial charge in [0.1, 0.15) is 5.82 Å². The van der Waals surface area contributed by atoms with E-state index in [-0.39, 0.29) is 0 Å². The van der Waals surface area contributed by atoms with Crippen molar-refractivity contribution < 1.29 is 0 Å². The van der Waals surface area contributed by atoms with Crippen molar-refractivity contribution in [3.8, 4) is 0 Å². The fourth-order valence-corrected chi connectivity index (χ4v) is 2.51. The number of fused-ring (bicyclic) bond motifs is 1. The number of hydrogen-bond donors (Lipinski definition) is 1. The summed E-state index contributed by atoms with van der Waals surface area (Å²) in [6.07, 6.45) is 1.61. The number of aryl methyl sites for hydroxylation is 2. The molecule has 20 heavy (non-hydrogen) atoms. The molecule has 2 aromatic heterocycles. The lowest BCUT2D eigenvalue weighted by molar-refractivity contribution is 0.794. The van der Waals surface area contributed by atoms with Gasteiger partial charge in [0.25, 0.3) is 0 Å². The van der Waals surface area contributed by atoms with Crippen molar-refractivity contribution in [1.29, 1.82) is 0 Å². The molecule has 104 valence electrons.